The van der Waals surface area contributed by atoms with Crippen LogP contribution in [0.15, 0.2) is 48.5 Å². The molecule has 0 aliphatic carbocycles. The lowest BCUT2D eigenvalue weighted by atomic mass is 10.1. The van der Waals surface area contributed by atoms with Crippen molar-refractivity contribution in [3.8, 4) is 0 Å². The molecule has 1 atom stereocenters. The zero-order chi connectivity index (χ0) is 13.7. The third-order valence-corrected chi connectivity index (χ3v) is 3.42. The molecule has 0 fully saturated rings. The van der Waals surface area contributed by atoms with Crippen molar-refractivity contribution < 1.29 is 4.39 Å². The van der Waals surface area contributed by atoms with Gasteiger partial charge >= 0.3 is 0 Å². The van der Waals surface area contributed by atoms with Crippen LogP contribution in [0.4, 0.5) is 4.39 Å². The molecule has 0 saturated carbocycles. The second-order valence-electron chi connectivity index (χ2n) is 4.79. The smallest absolute Gasteiger partial charge is 0.127 e. The Morgan fingerprint density at radius 2 is 1.63 bits per heavy atom. The summed E-state index contributed by atoms with van der Waals surface area (Å²) in [7, 11) is 0. The van der Waals surface area contributed by atoms with Crippen molar-refractivity contribution in [1.29, 1.82) is 0 Å². The summed E-state index contributed by atoms with van der Waals surface area (Å²) in [4.78, 5) is 0. The molecule has 0 saturated heterocycles. The highest BCUT2D eigenvalue weighted by Gasteiger charge is 2.09. The van der Waals surface area contributed by atoms with E-state index in [0.29, 0.717) is 5.56 Å². The molecule has 2 aromatic rings. The van der Waals surface area contributed by atoms with Crippen LogP contribution >= 0.6 is 0 Å². The van der Waals surface area contributed by atoms with Crippen LogP contribution in [0.25, 0.3) is 0 Å². The molecule has 2 rings (SSSR count). The minimum Gasteiger partial charge on any atom is -0.306 e. The van der Waals surface area contributed by atoms with Gasteiger partial charge in [-0.3, -0.25) is 0 Å². The van der Waals surface area contributed by atoms with Crippen LogP contribution in [0.1, 0.15) is 36.6 Å². The van der Waals surface area contributed by atoms with E-state index < -0.39 is 0 Å². The van der Waals surface area contributed by atoms with Crippen LogP contribution < -0.4 is 5.32 Å². The van der Waals surface area contributed by atoms with Gasteiger partial charge in [0, 0.05) is 18.2 Å². The van der Waals surface area contributed by atoms with E-state index in [-0.39, 0.29) is 11.9 Å². The first kappa shape index (κ1) is 13.8. The van der Waals surface area contributed by atoms with Gasteiger partial charge in [-0.15, -0.1) is 0 Å². The topological polar surface area (TPSA) is 12.0 Å². The van der Waals surface area contributed by atoms with Gasteiger partial charge in [0.15, 0.2) is 0 Å². The van der Waals surface area contributed by atoms with Gasteiger partial charge in [0.1, 0.15) is 5.82 Å². The largest absolute Gasteiger partial charge is 0.306 e. The molecule has 2 aromatic carbocycles. The summed E-state index contributed by atoms with van der Waals surface area (Å²) in [5, 5.41) is 3.35. The van der Waals surface area contributed by atoms with Gasteiger partial charge in [0.2, 0.25) is 0 Å². The Hall–Kier alpha value is -1.67. The third kappa shape index (κ3) is 3.65. The molecule has 1 N–H and O–H groups in total. The van der Waals surface area contributed by atoms with E-state index in [4.69, 9.17) is 0 Å². The van der Waals surface area contributed by atoms with Gasteiger partial charge in [-0.05, 0) is 30.5 Å². The Labute approximate surface area is 114 Å². The van der Waals surface area contributed by atoms with Crippen molar-refractivity contribution in [3.05, 3.63) is 71.0 Å². The quantitative estimate of drug-likeness (QED) is 0.844. The van der Waals surface area contributed by atoms with Crippen molar-refractivity contribution in [3.63, 3.8) is 0 Å². The van der Waals surface area contributed by atoms with E-state index in [9.17, 15) is 4.39 Å². The monoisotopic (exact) mass is 257 g/mol. The van der Waals surface area contributed by atoms with Crippen molar-refractivity contribution >= 4 is 0 Å². The first-order chi connectivity index (χ1) is 9.20. The Kier molecular flexibility index (Phi) is 4.69. The molecular weight excluding hydrogens is 237 g/mol. The van der Waals surface area contributed by atoms with Crippen molar-refractivity contribution in [2.75, 3.05) is 0 Å². The van der Waals surface area contributed by atoms with E-state index in [1.807, 2.05) is 19.1 Å². The lowest BCUT2D eigenvalue weighted by Gasteiger charge is -2.15. The van der Waals surface area contributed by atoms with Crippen LogP contribution in [0.2, 0.25) is 0 Å². The van der Waals surface area contributed by atoms with Gasteiger partial charge in [0.25, 0.3) is 0 Å². The average molecular weight is 257 g/mol. The van der Waals surface area contributed by atoms with Gasteiger partial charge in [0.05, 0.1) is 0 Å². The Bertz CT molecular complexity index is 519. The van der Waals surface area contributed by atoms with Crippen LogP contribution in [0.5, 0.6) is 0 Å². The number of benzene rings is 2. The molecule has 0 spiro atoms. The van der Waals surface area contributed by atoms with E-state index in [2.05, 4.69) is 36.5 Å². The normalized spacial score (nSPS) is 12.4. The summed E-state index contributed by atoms with van der Waals surface area (Å²) in [5.41, 5.74) is 3.28. The minimum atomic E-state index is -0.149. The SMILES string of the molecule is CCc1ccc(CN[C@H](C)c2ccccc2F)cc1. The predicted molar refractivity (Wildman–Crippen MR) is 77.5 cm³/mol. The third-order valence-electron chi connectivity index (χ3n) is 3.42. The highest BCUT2D eigenvalue weighted by molar-refractivity contribution is 5.24. The molecule has 0 radical (unpaired) electrons. The fraction of sp³-hybridized carbons (Fsp3) is 0.294. The Balaban J connectivity index is 1.96. The number of hydrogen-bond donors (Lipinski definition) is 1. The summed E-state index contributed by atoms with van der Waals surface area (Å²) in [6.45, 7) is 4.88. The summed E-state index contributed by atoms with van der Waals surface area (Å²) >= 11 is 0. The molecule has 0 amide bonds. The maximum absolute atomic E-state index is 13.6. The lowest BCUT2D eigenvalue weighted by molar-refractivity contribution is 0.528. The number of rotatable bonds is 5. The van der Waals surface area contributed by atoms with Crippen molar-refractivity contribution in [1.82, 2.24) is 5.32 Å². The minimum absolute atomic E-state index is 0.00653. The molecule has 0 aliphatic rings. The van der Waals surface area contributed by atoms with Crippen LogP contribution in [-0.4, -0.2) is 0 Å². The van der Waals surface area contributed by atoms with Gasteiger partial charge in [-0.1, -0.05) is 49.4 Å². The zero-order valence-corrected chi connectivity index (χ0v) is 11.5. The molecular formula is C17H20FN. The zero-order valence-electron chi connectivity index (χ0n) is 11.5. The lowest BCUT2D eigenvalue weighted by Crippen LogP contribution is -2.19. The highest BCUT2D eigenvalue weighted by Crippen LogP contribution is 2.16. The second kappa shape index (κ2) is 6.48. The molecule has 2 heteroatoms. The molecule has 19 heavy (non-hydrogen) atoms. The van der Waals surface area contributed by atoms with Gasteiger partial charge < -0.3 is 5.32 Å². The maximum Gasteiger partial charge on any atom is 0.127 e. The van der Waals surface area contributed by atoms with Crippen LogP contribution in [0, 0.1) is 5.82 Å². The molecule has 100 valence electrons. The summed E-state index contributed by atoms with van der Waals surface area (Å²) in [6.07, 6.45) is 1.05. The molecule has 0 aliphatic heterocycles. The summed E-state index contributed by atoms with van der Waals surface area (Å²) in [6, 6.07) is 15.5. The fourth-order valence-corrected chi connectivity index (χ4v) is 2.10. The highest BCUT2D eigenvalue weighted by atomic mass is 19.1. The van der Waals surface area contributed by atoms with E-state index >= 15 is 0 Å². The van der Waals surface area contributed by atoms with Gasteiger partial charge in [-0.25, -0.2) is 4.39 Å². The summed E-state index contributed by atoms with van der Waals surface area (Å²) in [5.74, 6) is -0.149. The van der Waals surface area contributed by atoms with E-state index in [1.54, 1.807) is 6.07 Å². The first-order valence-electron chi connectivity index (χ1n) is 6.76. The molecule has 0 heterocycles. The standard InChI is InChI=1S/C17H20FN/c1-3-14-8-10-15(11-9-14)12-19-13(2)16-6-4-5-7-17(16)18/h4-11,13,19H,3,12H2,1-2H3/t13-/m1/s1. The van der Waals surface area contributed by atoms with Crippen molar-refractivity contribution in [2.24, 2.45) is 0 Å². The maximum atomic E-state index is 13.6. The Morgan fingerprint density at radius 1 is 1.00 bits per heavy atom. The van der Waals surface area contributed by atoms with Crippen LogP contribution in [-0.2, 0) is 13.0 Å². The van der Waals surface area contributed by atoms with Gasteiger partial charge in [-0.2, -0.15) is 0 Å². The fourth-order valence-electron chi connectivity index (χ4n) is 2.10. The second-order valence-corrected chi connectivity index (χ2v) is 4.79. The molecule has 1 nitrogen and oxygen atoms in total. The number of nitrogens with one attached hydrogen (secondary N) is 1. The number of halogens is 1. The number of aryl methyl sites for hydroxylation is 1. The molecule has 0 bridgehead atoms. The molecule has 0 aromatic heterocycles. The Morgan fingerprint density at radius 3 is 2.26 bits per heavy atom. The number of hydrogen-bond acceptors (Lipinski definition) is 1. The van der Waals surface area contributed by atoms with Crippen molar-refractivity contribution in [2.45, 2.75) is 32.9 Å². The van der Waals surface area contributed by atoms with E-state index in [0.717, 1.165) is 13.0 Å². The average Bonchev–Trinajstić information content (AvgIpc) is 2.46. The van der Waals surface area contributed by atoms with Crippen LogP contribution in [0.3, 0.4) is 0 Å². The predicted octanol–water partition coefficient (Wildman–Crippen LogP) is 4.24. The molecule has 0 unspecified atom stereocenters. The van der Waals surface area contributed by atoms with E-state index in [1.165, 1.54) is 17.2 Å². The summed E-state index contributed by atoms with van der Waals surface area (Å²) < 4.78 is 13.6. The first-order valence-corrected chi connectivity index (χ1v) is 6.76.